The molecule has 0 atom stereocenters. The fraction of sp³-hybridized carbons (Fsp3) is 0.250. The van der Waals surface area contributed by atoms with E-state index in [4.69, 9.17) is 23.2 Å². The normalized spacial score (nSPS) is 11.6. The van der Waals surface area contributed by atoms with E-state index in [0.717, 1.165) is 0 Å². The highest BCUT2D eigenvalue weighted by atomic mass is 35.5. The summed E-state index contributed by atoms with van der Waals surface area (Å²) >= 11 is 11.0. The summed E-state index contributed by atoms with van der Waals surface area (Å²) < 4.78 is 14.4. The Balaban J connectivity index is 2.58. The van der Waals surface area contributed by atoms with Crippen LogP contribution in [0, 0.1) is 0 Å². The van der Waals surface area contributed by atoms with Crippen molar-refractivity contribution in [3.05, 3.63) is 24.3 Å². The zero-order valence-electron chi connectivity index (χ0n) is 7.93. The first-order valence-corrected chi connectivity index (χ1v) is 6.54. The van der Waals surface area contributed by atoms with Crippen molar-refractivity contribution in [1.29, 1.82) is 0 Å². The lowest BCUT2D eigenvalue weighted by Gasteiger charge is -2.29. The second-order valence-corrected chi connectivity index (χ2v) is 5.19. The molecule has 0 radical (unpaired) electrons. The average molecular weight is 284 g/mol. The molecule has 0 saturated heterocycles. The number of nitrogens with one attached hydrogen (secondary N) is 1. The molecule has 1 rings (SSSR count). The van der Waals surface area contributed by atoms with Crippen LogP contribution in [0.15, 0.2) is 24.3 Å². The van der Waals surface area contributed by atoms with Gasteiger partial charge in [-0.25, -0.2) is 0 Å². The standard InChI is InChI=1S/C8H10Cl2NO4P/c9-8(10)5-11-6-1-3-7(4-2-6)15-16(12,13)14/h1-4,8,11H,5H2,(H2,12,13,14)/p-2. The smallest absolute Gasteiger partial charge is 0.124 e. The minimum Gasteiger partial charge on any atom is -0.780 e. The Kier molecular flexibility index (Phi) is 4.89. The van der Waals surface area contributed by atoms with E-state index in [1.165, 1.54) is 12.1 Å². The van der Waals surface area contributed by atoms with E-state index >= 15 is 0 Å². The monoisotopic (exact) mass is 283 g/mol. The number of hydrogen-bond acceptors (Lipinski definition) is 5. The molecule has 0 aliphatic rings. The summed E-state index contributed by atoms with van der Waals surface area (Å²) in [5, 5.41) is 2.89. The van der Waals surface area contributed by atoms with Gasteiger partial charge >= 0.3 is 0 Å². The van der Waals surface area contributed by atoms with Crippen LogP contribution < -0.4 is 19.6 Å². The predicted octanol–water partition coefficient (Wildman–Crippen LogP) is 1.11. The second kappa shape index (κ2) is 5.75. The van der Waals surface area contributed by atoms with Crippen molar-refractivity contribution < 1.29 is 18.9 Å². The number of phosphoric acid groups is 1. The van der Waals surface area contributed by atoms with Crippen molar-refractivity contribution in [2.75, 3.05) is 11.9 Å². The van der Waals surface area contributed by atoms with Crippen molar-refractivity contribution in [3.63, 3.8) is 0 Å². The maximum atomic E-state index is 10.3. The molecule has 5 nitrogen and oxygen atoms in total. The molecule has 90 valence electrons. The van der Waals surface area contributed by atoms with Gasteiger partial charge in [0, 0.05) is 12.2 Å². The molecule has 16 heavy (non-hydrogen) atoms. The van der Waals surface area contributed by atoms with Crippen molar-refractivity contribution in [1.82, 2.24) is 0 Å². The molecule has 0 saturated carbocycles. The molecule has 8 heteroatoms. The molecule has 1 aromatic rings. The lowest BCUT2D eigenvalue weighted by atomic mass is 10.3. The highest BCUT2D eigenvalue weighted by molar-refractivity contribution is 7.43. The van der Waals surface area contributed by atoms with Crippen LogP contribution in [0.1, 0.15) is 0 Å². The molecule has 1 N–H and O–H groups in total. The summed E-state index contributed by atoms with van der Waals surface area (Å²) in [6, 6.07) is 5.78. The van der Waals surface area contributed by atoms with Gasteiger partial charge < -0.3 is 24.2 Å². The summed E-state index contributed by atoms with van der Waals surface area (Å²) in [4.78, 5) is 20.1. The zero-order chi connectivity index (χ0) is 12.2. The number of hydrogen-bond donors (Lipinski definition) is 1. The van der Waals surface area contributed by atoms with Gasteiger partial charge in [0.2, 0.25) is 0 Å². The zero-order valence-corrected chi connectivity index (χ0v) is 10.3. The SMILES string of the molecule is O=P([O-])([O-])Oc1ccc(NCC(Cl)Cl)cc1. The van der Waals surface area contributed by atoms with Gasteiger partial charge in [0.25, 0.3) is 0 Å². The van der Waals surface area contributed by atoms with Gasteiger partial charge in [-0.15, -0.1) is 23.2 Å². The summed E-state index contributed by atoms with van der Waals surface area (Å²) in [5.74, 6) is -0.0350. The van der Waals surface area contributed by atoms with E-state index in [0.29, 0.717) is 12.2 Å². The summed E-state index contributed by atoms with van der Waals surface area (Å²) in [6.45, 7) is 0.352. The largest absolute Gasteiger partial charge is 0.780 e. The quantitative estimate of drug-likeness (QED) is 0.646. The molecular weight excluding hydrogens is 276 g/mol. The third-order valence-corrected chi connectivity index (χ3v) is 2.28. The number of rotatable bonds is 5. The number of halogens is 2. The molecule has 0 heterocycles. The minimum atomic E-state index is -5.00. The van der Waals surface area contributed by atoms with E-state index in [1.54, 1.807) is 12.1 Å². The van der Waals surface area contributed by atoms with Crippen LogP contribution in [0.25, 0.3) is 0 Å². The molecule has 0 aliphatic carbocycles. The number of benzene rings is 1. The van der Waals surface area contributed by atoms with Gasteiger partial charge in [0.1, 0.15) is 18.4 Å². The Morgan fingerprint density at radius 1 is 1.31 bits per heavy atom. The first-order chi connectivity index (χ1) is 7.37. The molecule has 1 aromatic carbocycles. The minimum absolute atomic E-state index is 0.0350. The molecule has 0 spiro atoms. The Morgan fingerprint density at radius 3 is 2.31 bits per heavy atom. The van der Waals surface area contributed by atoms with Crippen LogP contribution in [0.5, 0.6) is 5.75 Å². The second-order valence-electron chi connectivity index (χ2n) is 2.83. The van der Waals surface area contributed by atoms with E-state index in [-0.39, 0.29) is 5.75 Å². The average Bonchev–Trinajstić information content (AvgIpc) is 2.14. The third kappa shape index (κ3) is 5.58. The number of anilines is 1. The van der Waals surface area contributed by atoms with Crippen molar-refractivity contribution in [2.45, 2.75) is 4.84 Å². The van der Waals surface area contributed by atoms with Crippen LogP contribution in [-0.2, 0) is 4.57 Å². The van der Waals surface area contributed by atoms with E-state index in [9.17, 15) is 14.4 Å². The Labute approximate surface area is 103 Å². The first-order valence-electron chi connectivity index (χ1n) is 4.20. The summed E-state index contributed by atoms with van der Waals surface area (Å²) in [5.41, 5.74) is 0.685. The lowest BCUT2D eigenvalue weighted by Crippen LogP contribution is -2.18. The van der Waals surface area contributed by atoms with Crippen LogP contribution in [0.3, 0.4) is 0 Å². The molecule has 0 aromatic heterocycles. The molecule has 0 unspecified atom stereocenters. The van der Waals surface area contributed by atoms with Crippen molar-refractivity contribution in [3.8, 4) is 5.75 Å². The summed E-state index contributed by atoms with van der Waals surface area (Å²) in [7, 11) is -5.00. The van der Waals surface area contributed by atoms with Crippen molar-refractivity contribution >= 4 is 36.7 Å². The fourth-order valence-corrected chi connectivity index (χ4v) is 1.49. The topological polar surface area (TPSA) is 84.5 Å². The summed E-state index contributed by atoms with van der Waals surface area (Å²) in [6.07, 6.45) is 0. The Morgan fingerprint density at radius 2 is 1.88 bits per heavy atom. The van der Waals surface area contributed by atoms with Gasteiger partial charge in [-0.2, -0.15) is 0 Å². The molecule has 0 fully saturated rings. The first kappa shape index (κ1) is 13.6. The third-order valence-electron chi connectivity index (χ3n) is 1.53. The highest BCUT2D eigenvalue weighted by Crippen LogP contribution is 2.29. The van der Waals surface area contributed by atoms with E-state index in [1.807, 2.05) is 0 Å². The van der Waals surface area contributed by atoms with Gasteiger partial charge in [-0.1, -0.05) is 0 Å². The van der Waals surface area contributed by atoms with Crippen LogP contribution in [0.4, 0.5) is 5.69 Å². The maximum absolute atomic E-state index is 10.3. The van der Waals surface area contributed by atoms with Crippen LogP contribution >= 0.6 is 31.0 Å². The molecular formula is C8H8Cl2NO4P-2. The van der Waals surface area contributed by atoms with Crippen LogP contribution in [-0.4, -0.2) is 11.4 Å². The number of alkyl halides is 2. The fourth-order valence-electron chi connectivity index (χ4n) is 0.958. The van der Waals surface area contributed by atoms with Gasteiger partial charge in [0.15, 0.2) is 0 Å². The van der Waals surface area contributed by atoms with Gasteiger partial charge in [-0.3, -0.25) is 0 Å². The van der Waals surface area contributed by atoms with Gasteiger partial charge in [-0.05, 0) is 24.3 Å². The molecule has 0 aliphatic heterocycles. The highest BCUT2D eigenvalue weighted by Gasteiger charge is 2.00. The lowest BCUT2D eigenvalue weighted by molar-refractivity contribution is -0.333. The predicted molar refractivity (Wildman–Crippen MR) is 58.7 cm³/mol. The van der Waals surface area contributed by atoms with Crippen molar-refractivity contribution in [2.24, 2.45) is 0 Å². The molecule has 0 amide bonds. The Hall–Kier alpha value is -0.450. The van der Waals surface area contributed by atoms with E-state index in [2.05, 4.69) is 9.84 Å². The van der Waals surface area contributed by atoms with E-state index < -0.39 is 12.7 Å². The van der Waals surface area contributed by atoms with Gasteiger partial charge in [0.05, 0.1) is 0 Å². The number of phosphoric ester groups is 1. The van der Waals surface area contributed by atoms with Crippen LogP contribution in [0.2, 0.25) is 0 Å². The maximum Gasteiger partial charge on any atom is 0.124 e. The Bertz CT molecular complexity index is 378. The molecule has 0 bridgehead atoms.